The molecule has 0 unspecified atom stereocenters. The van der Waals surface area contributed by atoms with Crippen molar-refractivity contribution in [3.8, 4) is 0 Å². The van der Waals surface area contributed by atoms with E-state index in [4.69, 9.17) is 8.83 Å². The molecular weight excluding hydrogens is 480 g/mol. The number of nitrogens with one attached hydrogen (secondary N) is 2. The van der Waals surface area contributed by atoms with Crippen LogP contribution in [0.4, 0.5) is 0 Å². The molecule has 0 saturated heterocycles. The maximum Gasteiger partial charge on any atom is 0.307 e. The fraction of sp³-hybridized carbons (Fsp3) is 0.600. The Kier molecular flexibility index (Phi) is 6.43. The summed E-state index contributed by atoms with van der Waals surface area (Å²) in [5, 5.41) is 8.77. The van der Waals surface area contributed by atoms with Crippen LogP contribution in [0.2, 0.25) is 0 Å². The molecule has 2 aromatic rings. The first-order valence-electron chi connectivity index (χ1n) is 13.7. The molecule has 4 fully saturated rings. The summed E-state index contributed by atoms with van der Waals surface area (Å²) in [6.07, 6.45) is 9.86. The molecule has 8 heteroatoms. The van der Waals surface area contributed by atoms with Gasteiger partial charge in [0.2, 0.25) is 0 Å². The normalized spacial score (nSPS) is 33.8. The molecule has 2 heterocycles. The molecule has 4 atom stereocenters. The van der Waals surface area contributed by atoms with Crippen LogP contribution in [0.1, 0.15) is 101 Å². The number of nitrogens with zero attached hydrogens (tertiary/aromatic N) is 2. The maximum absolute atomic E-state index is 11.8. The topological polar surface area (TPSA) is 109 Å². The van der Waals surface area contributed by atoms with E-state index in [9.17, 15) is 9.59 Å². The van der Waals surface area contributed by atoms with Gasteiger partial charge in [0.1, 0.15) is 0 Å². The Balaban J connectivity index is 0.000000155. The zero-order chi connectivity index (χ0) is 27.3. The van der Waals surface area contributed by atoms with Crippen LogP contribution in [-0.2, 0) is 0 Å². The Morgan fingerprint density at radius 1 is 0.737 bits per heavy atom. The van der Waals surface area contributed by atoms with E-state index in [1.807, 2.05) is 0 Å². The van der Waals surface area contributed by atoms with E-state index in [0.717, 1.165) is 24.3 Å². The van der Waals surface area contributed by atoms with Gasteiger partial charge in [0.15, 0.2) is 11.5 Å². The molecule has 204 valence electrons. The lowest BCUT2D eigenvalue weighted by molar-refractivity contribution is 0.0919. The van der Waals surface area contributed by atoms with Gasteiger partial charge >= 0.3 is 11.8 Å². The summed E-state index contributed by atoms with van der Waals surface area (Å²) in [5.41, 5.74) is 8.32. The fourth-order valence-electron chi connectivity index (χ4n) is 7.36. The second-order valence-electron chi connectivity index (χ2n) is 12.9. The fourth-order valence-corrected chi connectivity index (χ4v) is 7.36. The first kappa shape index (κ1) is 26.4. The zero-order valence-electron chi connectivity index (χ0n) is 23.4. The molecule has 2 aromatic heterocycles. The van der Waals surface area contributed by atoms with Gasteiger partial charge in [0, 0.05) is 22.3 Å². The Morgan fingerprint density at radius 2 is 1.13 bits per heavy atom. The van der Waals surface area contributed by atoms with Crippen molar-refractivity contribution in [3.63, 3.8) is 0 Å². The predicted molar refractivity (Wildman–Crippen MR) is 146 cm³/mol. The number of carbonyl (C=O) groups excluding carboxylic acids is 2. The molecule has 0 aliphatic heterocycles. The Morgan fingerprint density at radius 3 is 1.39 bits per heavy atom. The van der Waals surface area contributed by atoms with Crippen LogP contribution in [0, 0.1) is 33.5 Å². The Labute approximate surface area is 224 Å². The van der Waals surface area contributed by atoms with Crippen molar-refractivity contribution in [3.05, 3.63) is 48.3 Å². The Hall–Kier alpha value is -3.16. The third kappa shape index (κ3) is 4.03. The largest absolute Gasteiger partial charge is 0.459 e. The highest BCUT2D eigenvalue weighted by atomic mass is 16.3. The second-order valence-corrected chi connectivity index (χ2v) is 12.9. The van der Waals surface area contributed by atoms with Crippen LogP contribution in [0.25, 0.3) is 0 Å². The molecular formula is C30H40N4O4. The number of furan rings is 2. The van der Waals surface area contributed by atoms with Gasteiger partial charge in [-0.15, -0.1) is 0 Å². The number of carbonyl (C=O) groups is 2. The summed E-state index contributed by atoms with van der Waals surface area (Å²) in [6.45, 7) is 13.8. The van der Waals surface area contributed by atoms with Gasteiger partial charge in [0.05, 0.1) is 12.5 Å². The number of fused-ring (bicyclic) bond motifs is 4. The quantitative estimate of drug-likeness (QED) is 0.453. The van der Waals surface area contributed by atoms with Gasteiger partial charge in [-0.3, -0.25) is 9.59 Å². The molecule has 38 heavy (non-hydrogen) atoms. The third-order valence-electron chi connectivity index (χ3n) is 11.1. The van der Waals surface area contributed by atoms with Crippen LogP contribution >= 0.6 is 0 Å². The zero-order valence-corrected chi connectivity index (χ0v) is 23.4. The predicted octanol–water partition coefficient (Wildman–Crippen LogP) is 6.42. The van der Waals surface area contributed by atoms with E-state index in [2.05, 4.69) is 62.6 Å². The molecule has 8 nitrogen and oxygen atoms in total. The second kappa shape index (κ2) is 9.24. The number of amides is 2. The van der Waals surface area contributed by atoms with Crippen LogP contribution in [0.15, 0.2) is 55.8 Å². The monoisotopic (exact) mass is 520 g/mol. The first-order valence-corrected chi connectivity index (χ1v) is 13.7. The molecule has 0 spiro atoms. The van der Waals surface area contributed by atoms with Crippen molar-refractivity contribution < 1.29 is 18.4 Å². The molecule has 4 aliphatic rings. The van der Waals surface area contributed by atoms with E-state index in [-0.39, 0.29) is 33.5 Å². The third-order valence-corrected chi connectivity index (χ3v) is 11.1. The van der Waals surface area contributed by atoms with Crippen molar-refractivity contribution >= 4 is 23.2 Å². The molecule has 4 saturated carbocycles. The van der Waals surface area contributed by atoms with E-state index in [1.54, 1.807) is 24.3 Å². The summed E-state index contributed by atoms with van der Waals surface area (Å²) in [7, 11) is 0. The SMILES string of the molecule is CC1(C)[C@@H]2CC[C@@]1(C)/C(=N/NC(=O)c1ccco1)C2.CC1(C)[C@@H]2CC[C@@]1(C)/C(=N/NC(=O)c1ccco1)C2. The molecule has 0 aromatic carbocycles. The van der Waals surface area contributed by atoms with Gasteiger partial charge in [-0.05, 0) is 85.5 Å². The minimum Gasteiger partial charge on any atom is -0.459 e. The van der Waals surface area contributed by atoms with Gasteiger partial charge in [-0.2, -0.15) is 10.2 Å². The molecule has 2 amide bonds. The van der Waals surface area contributed by atoms with Crippen LogP contribution < -0.4 is 10.9 Å². The number of hydrogen-bond acceptors (Lipinski definition) is 6. The highest BCUT2D eigenvalue weighted by molar-refractivity contribution is 5.98. The minimum absolute atomic E-state index is 0.119. The van der Waals surface area contributed by atoms with E-state index in [1.165, 1.54) is 38.2 Å². The highest BCUT2D eigenvalue weighted by Gasteiger charge is 2.61. The molecule has 6 rings (SSSR count). The summed E-state index contributed by atoms with van der Waals surface area (Å²) < 4.78 is 10.1. The van der Waals surface area contributed by atoms with Crippen molar-refractivity contribution in [2.75, 3.05) is 0 Å². The van der Waals surface area contributed by atoms with Gasteiger partial charge < -0.3 is 8.83 Å². The molecule has 2 N–H and O–H groups in total. The van der Waals surface area contributed by atoms with Crippen molar-refractivity contribution in [2.45, 2.75) is 80.1 Å². The molecule has 4 bridgehead atoms. The first-order chi connectivity index (χ1) is 17.9. The van der Waals surface area contributed by atoms with Crippen LogP contribution in [0.3, 0.4) is 0 Å². The summed E-state index contributed by atoms with van der Waals surface area (Å²) in [5.74, 6) is 1.44. The van der Waals surface area contributed by atoms with Crippen LogP contribution in [-0.4, -0.2) is 23.2 Å². The smallest absolute Gasteiger partial charge is 0.307 e. The Bertz CT molecular complexity index is 1160. The number of hydrazone groups is 2. The lowest BCUT2D eigenvalue weighted by Crippen LogP contribution is -2.34. The molecule has 4 aliphatic carbocycles. The van der Waals surface area contributed by atoms with E-state index < -0.39 is 0 Å². The summed E-state index contributed by atoms with van der Waals surface area (Å²) in [6, 6.07) is 6.68. The van der Waals surface area contributed by atoms with Crippen molar-refractivity contribution in [2.24, 2.45) is 43.7 Å². The van der Waals surface area contributed by atoms with Crippen molar-refractivity contribution in [1.82, 2.24) is 10.9 Å². The van der Waals surface area contributed by atoms with E-state index >= 15 is 0 Å². The lowest BCUT2D eigenvalue weighted by Gasteiger charge is -2.34. The number of rotatable bonds is 4. The lowest BCUT2D eigenvalue weighted by atomic mass is 9.70. The van der Waals surface area contributed by atoms with Crippen molar-refractivity contribution in [1.29, 1.82) is 0 Å². The maximum atomic E-state index is 11.8. The average molecular weight is 521 g/mol. The highest BCUT2D eigenvalue weighted by Crippen LogP contribution is 2.64. The summed E-state index contributed by atoms with van der Waals surface area (Å²) >= 11 is 0. The minimum atomic E-state index is -0.276. The average Bonchev–Trinajstić information content (AvgIpc) is 3.71. The standard InChI is InChI=1S/2C15H20N2O2/c2*1-14(2)10-6-7-15(14,3)12(9-10)16-17-13(18)11-5-4-8-19-11/h2*4-5,8,10H,6-7,9H2,1-3H3,(H,17,18)/b2*16-12+/t2*10-,15+/m11/s1. The summed E-state index contributed by atoms with van der Waals surface area (Å²) in [4.78, 5) is 23.6. The van der Waals surface area contributed by atoms with Gasteiger partial charge in [-0.25, -0.2) is 10.9 Å². The molecule has 0 radical (unpaired) electrons. The van der Waals surface area contributed by atoms with Crippen LogP contribution in [0.5, 0.6) is 0 Å². The van der Waals surface area contributed by atoms with Gasteiger partial charge in [0.25, 0.3) is 0 Å². The van der Waals surface area contributed by atoms with E-state index in [0.29, 0.717) is 23.4 Å². The van der Waals surface area contributed by atoms with Gasteiger partial charge in [-0.1, -0.05) is 41.5 Å². The number of hydrogen-bond donors (Lipinski definition) is 2.